The van der Waals surface area contributed by atoms with Gasteiger partial charge in [0.05, 0.1) is 5.52 Å². The zero-order chi connectivity index (χ0) is 22.9. The van der Waals surface area contributed by atoms with Gasteiger partial charge in [-0.3, -0.25) is 0 Å². The molecule has 0 fully saturated rings. The Morgan fingerprint density at radius 2 is 1.47 bits per heavy atom. The number of rotatable bonds is 4. The highest BCUT2D eigenvalue weighted by Gasteiger charge is 2.41. The Morgan fingerprint density at radius 3 is 2.16 bits per heavy atom. The van der Waals surface area contributed by atoms with E-state index < -0.39 is 8.07 Å². The van der Waals surface area contributed by atoms with Gasteiger partial charge in [-0.15, -0.1) is 5.54 Å². The van der Waals surface area contributed by atoms with Crippen LogP contribution in [0.15, 0.2) is 67.1 Å². The van der Waals surface area contributed by atoms with Gasteiger partial charge in [0.1, 0.15) is 14.4 Å². The molecule has 0 saturated carbocycles. The average Bonchev–Trinajstić information content (AvgIpc) is 2.78. The van der Waals surface area contributed by atoms with E-state index in [1.165, 1.54) is 16.3 Å². The molecule has 0 amide bonds. The molecular formula is C29H32N2Si. The fraction of sp³-hybridized carbons (Fsp3) is 0.310. The highest BCUT2D eigenvalue weighted by Crippen LogP contribution is 2.41. The van der Waals surface area contributed by atoms with Crippen LogP contribution in [0.25, 0.3) is 32.8 Å². The minimum atomic E-state index is -1.81. The second-order valence-corrected chi connectivity index (χ2v) is 15.2. The lowest BCUT2D eigenvalue weighted by Crippen LogP contribution is -2.43. The molecule has 2 nitrogen and oxygen atoms in total. The van der Waals surface area contributed by atoms with E-state index in [0.29, 0.717) is 16.6 Å². The van der Waals surface area contributed by atoms with Crippen LogP contribution in [0.5, 0.6) is 0 Å². The molecule has 4 rings (SSSR count). The Morgan fingerprint density at radius 1 is 0.781 bits per heavy atom. The molecule has 0 radical (unpaired) electrons. The Hall–Kier alpha value is -2.96. The zero-order valence-electron chi connectivity index (χ0n) is 20.0. The third-order valence-corrected chi connectivity index (χ3v) is 13.3. The third-order valence-electron chi connectivity index (χ3n) is 7.00. The van der Waals surface area contributed by atoms with Crippen molar-refractivity contribution >= 4 is 29.7 Å². The van der Waals surface area contributed by atoms with E-state index in [-0.39, 0.29) is 0 Å². The maximum Gasteiger partial charge on any atom is 0.146 e. The number of nitrogens with zero attached hydrogens (tertiary/aromatic N) is 2. The predicted molar refractivity (Wildman–Crippen MR) is 140 cm³/mol. The van der Waals surface area contributed by atoms with Crippen LogP contribution in [0.2, 0.25) is 16.6 Å². The minimum Gasteiger partial charge on any atom is -0.244 e. The second kappa shape index (κ2) is 8.88. The van der Waals surface area contributed by atoms with Crippen LogP contribution in [-0.2, 0) is 0 Å². The highest BCUT2D eigenvalue weighted by atomic mass is 28.3. The van der Waals surface area contributed by atoms with Crippen molar-refractivity contribution in [1.29, 1.82) is 0 Å². The molecule has 0 atom stereocenters. The van der Waals surface area contributed by atoms with E-state index in [4.69, 9.17) is 0 Å². The summed E-state index contributed by atoms with van der Waals surface area (Å²) in [7, 11) is -1.81. The SMILES string of the molecule is CC(C)[Si](C#Cc1cccc2cccc(-c3ccc4cncnc4c3)c12)(C(C)C)C(C)C. The molecule has 0 aliphatic heterocycles. The number of aromatic nitrogens is 2. The molecule has 0 saturated heterocycles. The smallest absolute Gasteiger partial charge is 0.146 e. The summed E-state index contributed by atoms with van der Waals surface area (Å²) >= 11 is 0. The van der Waals surface area contributed by atoms with Crippen LogP contribution >= 0.6 is 0 Å². The van der Waals surface area contributed by atoms with Gasteiger partial charge in [0.15, 0.2) is 0 Å². The van der Waals surface area contributed by atoms with E-state index in [9.17, 15) is 0 Å². The topological polar surface area (TPSA) is 25.8 Å². The van der Waals surface area contributed by atoms with Crippen LogP contribution in [0.4, 0.5) is 0 Å². The molecule has 0 aliphatic rings. The van der Waals surface area contributed by atoms with Gasteiger partial charge in [-0.2, -0.15) is 0 Å². The standard InChI is InChI=1S/C29H32N2Si/c1-20(2)32(21(3)4,22(5)6)16-15-24-10-7-9-23-11-8-12-27(29(23)24)25-13-14-26-18-30-19-31-28(26)17-25/h7-14,17-22H,1-6H3. The Bertz CT molecular complexity index is 1300. The molecule has 1 heterocycles. The maximum atomic E-state index is 4.46. The first-order valence-electron chi connectivity index (χ1n) is 11.6. The number of hydrogen-bond donors (Lipinski definition) is 0. The quantitative estimate of drug-likeness (QED) is 0.239. The van der Waals surface area contributed by atoms with Crippen molar-refractivity contribution in [2.24, 2.45) is 0 Å². The van der Waals surface area contributed by atoms with Gasteiger partial charge in [-0.1, -0.05) is 89.9 Å². The molecule has 0 N–H and O–H groups in total. The lowest BCUT2D eigenvalue weighted by atomic mass is 9.94. The largest absolute Gasteiger partial charge is 0.244 e. The maximum absolute atomic E-state index is 4.46. The monoisotopic (exact) mass is 436 g/mol. The first-order chi connectivity index (χ1) is 15.3. The highest BCUT2D eigenvalue weighted by molar-refractivity contribution is 6.90. The van der Waals surface area contributed by atoms with Gasteiger partial charge < -0.3 is 0 Å². The molecule has 4 aromatic rings. The lowest BCUT2D eigenvalue weighted by Gasteiger charge is -2.38. The summed E-state index contributed by atoms with van der Waals surface area (Å²) in [6, 6.07) is 19.5. The third kappa shape index (κ3) is 3.85. The van der Waals surface area contributed by atoms with Gasteiger partial charge in [-0.05, 0) is 45.3 Å². The van der Waals surface area contributed by atoms with Crippen molar-refractivity contribution in [1.82, 2.24) is 9.97 Å². The van der Waals surface area contributed by atoms with Gasteiger partial charge in [0.2, 0.25) is 0 Å². The molecule has 1 aromatic heterocycles. The van der Waals surface area contributed by atoms with Crippen molar-refractivity contribution < 1.29 is 0 Å². The Balaban J connectivity index is 1.94. The number of benzene rings is 3. The van der Waals surface area contributed by atoms with Crippen LogP contribution < -0.4 is 0 Å². The zero-order valence-corrected chi connectivity index (χ0v) is 21.0. The molecule has 0 bridgehead atoms. The van der Waals surface area contributed by atoms with Crippen LogP contribution in [0, 0.1) is 11.5 Å². The molecule has 0 aliphatic carbocycles. The molecule has 0 unspecified atom stereocenters. The van der Waals surface area contributed by atoms with Gasteiger partial charge >= 0.3 is 0 Å². The van der Waals surface area contributed by atoms with E-state index in [1.54, 1.807) is 6.33 Å². The molecule has 32 heavy (non-hydrogen) atoms. The first-order valence-corrected chi connectivity index (χ1v) is 13.8. The summed E-state index contributed by atoms with van der Waals surface area (Å²) in [6.07, 6.45) is 3.47. The second-order valence-electron chi connectivity index (χ2n) is 9.65. The summed E-state index contributed by atoms with van der Waals surface area (Å²) in [6.45, 7) is 14.2. The summed E-state index contributed by atoms with van der Waals surface area (Å²) in [4.78, 5) is 8.61. The van der Waals surface area contributed by atoms with Crippen LogP contribution in [0.3, 0.4) is 0 Å². The lowest BCUT2D eigenvalue weighted by molar-refractivity contribution is 0.838. The first kappa shape index (κ1) is 22.2. The summed E-state index contributed by atoms with van der Waals surface area (Å²) in [5.74, 6) is 3.71. The van der Waals surface area contributed by atoms with E-state index in [1.807, 2.05) is 6.20 Å². The Kier molecular flexibility index (Phi) is 6.17. The Labute approximate surface area is 193 Å². The molecular weight excluding hydrogens is 404 g/mol. The van der Waals surface area contributed by atoms with Crippen molar-refractivity contribution in [3.05, 3.63) is 72.7 Å². The molecule has 0 spiro atoms. The van der Waals surface area contributed by atoms with E-state index in [2.05, 4.69) is 118 Å². The summed E-state index contributed by atoms with van der Waals surface area (Å²) < 4.78 is 0. The van der Waals surface area contributed by atoms with E-state index >= 15 is 0 Å². The number of fused-ring (bicyclic) bond motifs is 2. The molecule has 3 heteroatoms. The number of hydrogen-bond acceptors (Lipinski definition) is 2. The normalized spacial score (nSPS) is 12.0. The van der Waals surface area contributed by atoms with Gasteiger partial charge in [-0.25, -0.2) is 9.97 Å². The fourth-order valence-corrected chi connectivity index (χ4v) is 10.7. The average molecular weight is 437 g/mol. The van der Waals surface area contributed by atoms with Crippen LogP contribution in [-0.4, -0.2) is 18.0 Å². The molecule has 3 aromatic carbocycles. The van der Waals surface area contributed by atoms with Gasteiger partial charge in [0, 0.05) is 22.5 Å². The van der Waals surface area contributed by atoms with Crippen molar-refractivity contribution in [2.45, 2.75) is 58.2 Å². The van der Waals surface area contributed by atoms with Crippen LogP contribution in [0.1, 0.15) is 47.1 Å². The predicted octanol–water partition coefficient (Wildman–Crippen LogP) is 8.02. The van der Waals surface area contributed by atoms with Crippen molar-refractivity contribution in [3.8, 4) is 22.6 Å². The fourth-order valence-electron chi connectivity index (χ4n) is 5.44. The summed E-state index contributed by atoms with van der Waals surface area (Å²) in [5.41, 5.74) is 10.2. The minimum absolute atomic E-state index is 0.615. The van der Waals surface area contributed by atoms with Crippen molar-refractivity contribution in [3.63, 3.8) is 0 Å². The van der Waals surface area contributed by atoms with Gasteiger partial charge in [0.25, 0.3) is 0 Å². The summed E-state index contributed by atoms with van der Waals surface area (Å²) in [5, 5.41) is 3.51. The molecule has 162 valence electrons. The van der Waals surface area contributed by atoms with Crippen molar-refractivity contribution in [2.75, 3.05) is 0 Å². The van der Waals surface area contributed by atoms with E-state index in [0.717, 1.165) is 22.0 Å².